The Kier molecular flexibility index (Phi) is 3.58. The number of rotatable bonds is 4. The second-order valence-electron chi connectivity index (χ2n) is 7.29. The molecule has 0 radical (unpaired) electrons. The van der Waals surface area contributed by atoms with Crippen LogP contribution in [0.15, 0.2) is 58.1 Å². The maximum atomic E-state index is 12.6. The number of carbonyl (C=O) groups excluding carboxylic acids is 2. The molecule has 1 aromatic heterocycles. The van der Waals surface area contributed by atoms with Gasteiger partial charge in [-0.1, -0.05) is 30.4 Å². The van der Waals surface area contributed by atoms with Crippen molar-refractivity contribution in [1.82, 2.24) is 5.01 Å². The summed E-state index contributed by atoms with van der Waals surface area (Å²) in [5.74, 6) is -1.19. The predicted octanol–water partition coefficient (Wildman–Crippen LogP) is 2.79. The lowest BCUT2D eigenvalue weighted by molar-refractivity contribution is -0.140. The summed E-state index contributed by atoms with van der Waals surface area (Å²) < 4.78 is 5.67. The van der Waals surface area contributed by atoms with Crippen LogP contribution in [0, 0.1) is 23.7 Å². The van der Waals surface area contributed by atoms with Gasteiger partial charge >= 0.3 is 5.97 Å². The molecular formula is C21H16N2O5. The zero-order valence-corrected chi connectivity index (χ0v) is 14.7. The van der Waals surface area contributed by atoms with Crippen molar-refractivity contribution in [2.24, 2.45) is 28.8 Å². The van der Waals surface area contributed by atoms with Crippen molar-refractivity contribution in [2.45, 2.75) is 6.42 Å². The number of hydrogen-bond donors (Lipinski definition) is 1. The Hall–Kier alpha value is -3.48. The van der Waals surface area contributed by atoms with Gasteiger partial charge in [0, 0.05) is 5.56 Å². The first kappa shape index (κ1) is 16.7. The molecule has 7 heteroatoms. The molecule has 5 rings (SSSR count). The van der Waals surface area contributed by atoms with Crippen molar-refractivity contribution in [2.75, 3.05) is 0 Å². The molecule has 0 unspecified atom stereocenters. The number of imide groups is 1. The fraction of sp³-hybridized carbons (Fsp3) is 0.238. The molecule has 3 aliphatic rings. The number of fused-ring (bicyclic) bond motifs is 5. The Morgan fingerprint density at radius 3 is 2.43 bits per heavy atom. The van der Waals surface area contributed by atoms with Gasteiger partial charge in [-0.3, -0.25) is 9.59 Å². The number of carbonyl (C=O) groups is 3. The number of nitrogens with zero attached hydrogens (tertiary/aromatic N) is 2. The lowest BCUT2D eigenvalue weighted by Gasteiger charge is -2.13. The van der Waals surface area contributed by atoms with Crippen LogP contribution in [-0.2, 0) is 9.59 Å². The van der Waals surface area contributed by atoms with Gasteiger partial charge in [0.1, 0.15) is 11.5 Å². The number of benzene rings is 1. The van der Waals surface area contributed by atoms with Crippen molar-refractivity contribution in [3.8, 4) is 11.3 Å². The summed E-state index contributed by atoms with van der Waals surface area (Å²) >= 11 is 0. The summed E-state index contributed by atoms with van der Waals surface area (Å²) in [7, 11) is 0. The van der Waals surface area contributed by atoms with E-state index in [-0.39, 0.29) is 41.0 Å². The van der Waals surface area contributed by atoms with Crippen LogP contribution >= 0.6 is 0 Å². The average Bonchev–Trinajstić information content (AvgIpc) is 3.46. The van der Waals surface area contributed by atoms with E-state index >= 15 is 0 Å². The molecule has 2 heterocycles. The molecule has 28 heavy (non-hydrogen) atoms. The summed E-state index contributed by atoms with van der Waals surface area (Å²) in [6.45, 7) is 0. The molecule has 2 bridgehead atoms. The van der Waals surface area contributed by atoms with E-state index in [1.165, 1.54) is 12.3 Å². The third-order valence-electron chi connectivity index (χ3n) is 5.80. The van der Waals surface area contributed by atoms with Crippen LogP contribution in [0.4, 0.5) is 0 Å². The number of furan rings is 1. The minimum absolute atomic E-state index is 0.126. The molecule has 4 atom stereocenters. The first-order valence-electron chi connectivity index (χ1n) is 9.07. The Morgan fingerprint density at radius 2 is 1.75 bits per heavy atom. The van der Waals surface area contributed by atoms with E-state index in [1.807, 2.05) is 12.2 Å². The van der Waals surface area contributed by atoms with E-state index in [2.05, 4.69) is 5.10 Å². The standard InChI is InChI=1S/C21H16N2O5/c24-19-17-11-5-6-12(9-11)18(17)20(25)23(19)22-10-13-7-8-16(28-13)14-3-1-2-4-15(14)21(26)27/h1-8,10-12,17-18H,9H2,(H,26,27)/b22-10-/t11-,12-,17-,18-/m0/s1. The van der Waals surface area contributed by atoms with Gasteiger partial charge in [0.25, 0.3) is 11.8 Å². The Morgan fingerprint density at radius 1 is 1.07 bits per heavy atom. The molecule has 1 saturated carbocycles. The third kappa shape index (κ3) is 2.36. The highest BCUT2D eigenvalue weighted by molar-refractivity contribution is 6.06. The monoisotopic (exact) mass is 376 g/mol. The maximum Gasteiger partial charge on any atom is 0.336 e. The molecule has 140 valence electrons. The number of carboxylic acid groups (broad SMARTS) is 1. The highest BCUT2D eigenvalue weighted by atomic mass is 16.4. The van der Waals surface area contributed by atoms with E-state index < -0.39 is 5.97 Å². The van der Waals surface area contributed by atoms with Crippen LogP contribution in [0.3, 0.4) is 0 Å². The Balaban J connectivity index is 1.39. The molecule has 2 fully saturated rings. The number of aromatic carboxylic acids is 1. The van der Waals surface area contributed by atoms with E-state index in [9.17, 15) is 19.5 Å². The summed E-state index contributed by atoms with van der Waals surface area (Å²) in [5, 5.41) is 14.3. The molecule has 7 nitrogen and oxygen atoms in total. The Labute approximate surface area is 159 Å². The summed E-state index contributed by atoms with van der Waals surface area (Å²) in [5.41, 5.74) is 0.571. The summed E-state index contributed by atoms with van der Waals surface area (Å²) in [6, 6.07) is 9.77. The first-order chi connectivity index (χ1) is 13.5. The van der Waals surface area contributed by atoms with Crippen LogP contribution < -0.4 is 0 Å². The van der Waals surface area contributed by atoms with Crippen LogP contribution in [0.1, 0.15) is 22.5 Å². The molecule has 2 aromatic rings. The van der Waals surface area contributed by atoms with Crippen molar-refractivity contribution in [3.63, 3.8) is 0 Å². The number of amides is 2. The smallest absolute Gasteiger partial charge is 0.336 e. The predicted molar refractivity (Wildman–Crippen MR) is 98.3 cm³/mol. The number of carboxylic acids is 1. The van der Waals surface area contributed by atoms with E-state index in [1.54, 1.807) is 30.3 Å². The number of hydrazone groups is 1. The number of hydrogen-bond acceptors (Lipinski definition) is 5. The number of allylic oxidation sites excluding steroid dienone is 2. The van der Waals surface area contributed by atoms with Gasteiger partial charge in [-0.25, -0.2) is 4.79 Å². The SMILES string of the molecule is O=C(O)c1ccccc1-c1ccc(/C=N\N2C(=O)[C@@H]3[C@@H](C2=O)[C@H]2C=C[C@H]3C2)o1. The summed E-state index contributed by atoms with van der Waals surface area (Å²) in [4.78, 5) is 36.6. The molecule has 1 aliphatic heterocycles. The van der Waals surface area contributed by atoms with Gasteiger partial charge in [0.15, 0.2) is 0 Å². The van der Waals surface area contributed by atoms with Gasteiger partial charge in [-0.15, -0.1) is 0 Å². The zero-order chi connectivity index (χ0) is 19.4. The first-order valence-corrected chi connectivity index (χ1v) is 9.07. The van der Waals surface area contributed by atoms with Crippen LogP contribution in [0.2, 0.25) is 0 Å². The second kappa shape index (κ2) is 6.02. The van der Waals surface area contributed by atoms with Crippen LogP contribution in [0.25, 0.3) is 11.3 Å². The van der Waals surface area contributed by atoms with Crippen molar-refractivity contribution in [3.05, 3.63) is 59.9 Å². The quantitative estimate of drug-likeness (QED) is 0.502. The van der Waals surface area contributed by atoms with E-state index in [0.717, 1.165) is 11.4 Å². The van der Waals surface area contributed by atoms with E-state index in [4.69, 9.17) is 4.42 Å². The van der Waals surface area contributed by atoms with Crippen molar-refractivity contribution >= 4 is 24.0 Å². The Bertz CT molecular complexity index is 1040. The van der Waals surface area contributed by atoms with Gasteiger partial charge in [0.2, 0.25) is 0 Å². The third-order valence-corrected chi connectivity index (χ3v) is 5.80. The lowest BCUT2D eigenvalue weighted by atomic mass is 9.85. The van der Waals surface area contributed by atoms with Gasteiger partial charge in [0.05, 0.1) is 23.6 Å². The average molecular weight is 376 g/mol. The fourth-order valence-corrected chi connectivity index (χ4v) is 4.57. The molecule has 1 aromatic carbocycles. The molecule has 1 saturated heterocycles. The second-order valence-corrected chi connectivity index (χ2v) is 7.29. The fourth-order valence-electron chi connectivity index (χ4n) is 4.57. The largest absolute Gasteiger partial charge is 0.478 e. The summed E-state index contributed by atoms with van der Waals surface area (Å²) in [6.07, 6.45) is 6.25. The van der Waals surface area contributed by atoms with Gasteiger partial charge < -0.3 is 9.52 Å². The minimum atomic E-state index is -1.05. The van der Waals surface area contributed by atoms with Gasteiger partial charge in [-0.05, 0) is 36.5 Å². The van der Waals surface area contributed by atoms with Crippen molar-refractivity contribution < 1.29 is 23.9 Å². The molecule has 0 spiro atoms. The molecule has 2 aliphatic carbocycles. The maximum absolute atomic E-state index is 12.6. The van der Waals surface area contributed by atoms with E-state index in [0.29, 0.717) is 17.1 Å². The normalized spacial score (nSPS) is 27.9. The minimum Gasteiger partial charge on any atom is -0.478 e. The molecule has 1 N–H and O–H groups in total. The lowest BCUT2D eigenvalue weighted by Crippen LogP contribution is -2.28. The van der Waals surface area contributed by atoms with Gasteiger partial charge in [-0.2, -0.15) is 10.1 Å². The zero-order valence-electron chi connectivity index (χ0n) is 14.7. The topological polar surface area (TPSA) is 100 Å². The molecule has 2 amide bonds. The molecular weight excluding hydrogens is 360 g/mol. The van der Waals surface area contributed by atoms with Crippen molar-refractivity contribution in [1.29, 1.82) is 0 Å². The van der Waals surface area contributed by atoms with Crippen LogP contribution in [-0.4, -0.2) is 34.1 Å². The van der Waals surface area contributed by atoms with Crippen LogP contribution in [0.5, 0.6) is 0 Å². The highest BCUT2D eigenvalue weighted by Gasteiger charge is 2.59. The highest BCUT2D eigenvalue weighted by Crippen LogP contribution is 2.52.